The molecule has 114 valence electrons. The van der Waals surface area contributed by atoms with Crippen LogP contribution in [-0.4, -0.2) is 47.6 Å². The number of rotatable bonds is 6. The Morgan fingerprint density at radius 3 is 2.40 bits per heavy atom. The predicted molar refractivity (Wildman–Crippen MR) is 76.3 cm³/mol. The molecular weight excluding hydrogens is 256 g/mol. The highest BCUT2D eigenvalue weighted by atomic mass is 16.4. The molecule has 2 N–H and O–H groups in total. The number of aliphatic carboxylic acids is 1. The van der Waals surface area contributed by atoms with Crippen LogP contribution in [0.2, 0.25) is 0 Å². The van der Waals surface area contributed by atoms with Crippen LogP contribution in [0.3, 0.4) is 0 Å². The van der Waals surface area contributed by atoms with Gasteiger partial charge in [-0.2, -0.15) is 0 Å². The number of carbonyl (C=O) groups excluding carboxylic acids is 1. The number of fused-ring (bicyclic) bond motifs is 2. The van der Waals surface area contributed by atoms with Gasteiger partial charge >= 0.3 is 5.97 Å². The lowest BCUT2D eigenvalue weighted by atomic mass is 9.91. The van der Waals surface area contributed by atoms with Gasteiger partial charge in [0, 0.05) is 31.5 Å². The van der Waals surface area contributed by atoms with Gasteiger partial charge in [0.05, 0.1) is 0 Å². The fourth-order valence-electron chi connectivity index (χ4n) is 3.71. The highest BCUT2D eigenvalue weighted by molar-refractivity contribution is 5.77. The zero-order chi connectivity index (χ0) is 14.7. The summed E-state index contributed by atoms with van der Waals surface area (Å²) in [7, 11) is 2.21. The van der Waals surface area contributed by atoms with Gasteiger partial charge < -0.3 is 15.3 Å². The Morgan fingerprint density at radius 2 is 1.85 bits per heavy atom. The topological polar surface area (TPSA) is 69.6 Å². The van der Waals surface area contributed by atoms with Crippen LogP contribution >= 0.6 is 0 Å². The summed E-state index contributed by atoms with van der Waals surface area (Å²) in [5.41, 5.74) is 0. The fourth-order valence-corrected chi connectivity index (χ4v) is 3.71. The number of carboxylic acids is 1. The Bertz CT molecular complexity index is 358. The molecule has 2 aliphatic heterocycles. The van der Waals surface area contributed by atoms with Gasteiger partial charge in [0.25, 0.3) is 0 Å². The first-order valence-corrected chi connectivity index (χ1v) is 7.66. The Hall–Kier alpha value is -1.10. The Kier molecular flexibility index (Phi) is 5.02. The minimum Gasteiger partial charge on any atom is -0.481 e. The van der Waals surface area contributed by atoms with Crippen LogP contribution in [0.15, 0.2) is 0 Å². The summed E-state index contributed by atoms with van der Waals surface area (Å²) >= 11 is 0. The third-order valence-corrected chi connectivity index (χ3v) is 4.84. The van der Waals surface area contributed by atoms with Crippen molar-refractivity contribution in [3.63, 3.8) is 0 Å². The van der Waals surface area contributed by atoms with E-state index in [1.807, 2.05) is 6.92 Å². The van der Waals surface area contributed by atoms with Crippen LogP contribution in [0.5, 0.6) is 0 Å². The van der Waals surface area contributed by atoms with Crippen molar-refractivity contribution in [2.45, 2.75) is 57.5 Å². The number of nitrogens with zero attached hydrogens (tertiary/aromatic N) is 1. The number of carboxylic acid groups (broad SMARTS) is 1. The number of nitrogens with one attached hydrogen (secondary N) is 1. The predicted octanol–water partition coefficient (Wildman–Crippen LogP) is 1.48. The molecule has 2 rings (SSSR count). The minimum absolute atomic E-state index is 0.00924. The average molecular weight is 282 g/mol. The monoisotopic (exact) mass is 282 g/mol. The molecule has 0 aromatic heterocycles. The van der Waals surface area contributed by atoms with Crippen molar-refractivity contribution in [2.75, 3.05) is 13.6 Å². The molecule has 0 spiro atoms. The van der Waals surface area contributed by atoms with E-state index in [4.69, 9.17) is 5.11 Å². The summed E-state index contributed by atoms with van der Waals surface area (Å²) in [5, 5.41) is 11.7. The quantitative estimate of drug-likeness (QED) is 0.774. The summed E-state index contributed by atoms with van der Waals surface area (Å²) in [5.74, 6) is -0.356. The summed E-state index contributed by atoms with van der Waals surface area (Å²) < 4.78 is 0. The molecule has 0 aromatic rings. The van der Waals surface area contributed by atoms with Gasteiger partial charge in [-0.25, -0.2) is 0 Å². The van der Waals surface area contributed by atoms with Crippen LogP contribution in [0, 0.1) is 11.8 Å². The van der Waals surface area contributed by atoms with E-state index in [9.17, 15) is 9.59 Å². The largest absolute Gasteiger partial charge is 0.481 e. The zero-order valence-corrected chi connectivity index (χ0v) is 12.5. The van der Waals surface area contributed by atoms with Crippen molar-refractivity contribution in [1.82, 2.24) is 10.2 Å². The van der Waals surface area contributed by atoms with Crippen LogP contribution in [0.1, 0.15) is 45.4 Å². The summed E-state index contributed by atoms with van der Waals surface area (Å²) in [6, 6.07) is 1.39. The molecule has 20 heavy (non-hydrogen) atoms. The van der Waals surface area contributed by atoms with Crippen LogP contribution in [0.25, 0.3) is 0 Å². The first-order chi connectivity index (χ1) is 9.45. The van der Waals surface area contributed by atoms with E-state index >= 15 is 0 Å². The molecule has 3 atom stereocenters. The van der Waals surface area contributed by atoms with E-state index in [1.165, 1.54) is 25.7 Å². The molecule has 0 aromatic carbocycles. The maximum Gasteiger partial charge on any atom is 0.303 e. The van der Waals surface area contributed by atoms with E-state index in [-0.39, 0.29) is 18.2 Å². The minimum atomic E-state index is -0.836. The van der Waals surface area contributed by atoms with Gasteiger partial charge in [-0.3, -0.25) is 9.59 Å². The number of hydrogen-bond acceptors (Lipinski definition) is 3. The summed E-state index contributed by atoms with van der Waals surface area (Å²) in [4.78, 5) is 24.9. The molecular formula is C15H26N2O3. The molecule has 2 heterocycles. The van der Waals surface area contributed by atoms with Crippen molar-refractivity contribution in [1.29, 1.82) is 0 Å². The maximum atomic E-state index is 11.8. The van der Waals surface area contributed by atoms with Crippen molar-refractivity contribution in [3.05, 3.63) is 0 Å². The molecule has 2 saturated heterocycles. The first kappa shape index (κ1) is 15.3. The lowest BCUT2D eigenvalue weighted by Gasteiger charge is -2.36. The van der Waals surface area contributed by atoms with Crippen LogP contribution in [0.4, 0.5) is 0 Å². The molecule has 5 nitrogen and oxygen atoms in total. The van der Waals surface area contributed by atoms with Crippen molar-refractivity contribution < 1.29 is 14.7 Å². The zero-order valence-electron chi connectivity index (χ0n) is 12.5. The van der Waals surface area contributed by atoms with Gasteiger partial charge in [-0.05, 0) is 44.6 Å². The highest BCUT2D eigenvalue weighted by Crippen LogP contribution is 2.36. The molecule has 1 amide bonds. The average Bonchev–Trinajstić information content (AvgIpc) is 2.59. The number of hydrogen-bond donors (Lipinski definition) is 2. The second kappa shape index (κ2) is 6.57. The van der Waals surface area contributed by atoms with Gasteiger partial charge in [0.2, 0.25) is 5.91 Å². The second-order valence-electron chi connectivity index (χ2n) is 6.60. The van der Waals surface area contributed by atoms with Crippen molar-refractivity contribution in [3.8, 4) is 0 Å². The number of carbonyl (C=O) groups is 2. The van der Waals surface area contributed by atoms with E-state index < -0.39 is 5.97 Å². The Labute approximate surface area is 120 Å². The summed E-state index contributed by atoms with van der Waals surface area (Å²) in [6.07, 6.45) is 5.32. The molecule has 3 unspecified atom stereocenters. The maximum absolute atomic E-state index is 11.8. The molecule has 0 radical (unpaired) electrons. The normalized spacial score (nSPS) is 31.0. The van der Waals surface area contributed by atoms with E-state index in [2.05, 4.69) is 17.3 Å². The van der Waals surface area contributed by atoms with Gasteiger partial charge in [0.15, 0.2) is 0 Å². The Balaban J connectivity index is 1.68. The van der Waals surface area contributed by atoms with Crippen LogP contribution in [-0.2, 0) is 9.59 Å². The first-order valence-electron chi connectivity index (χ1n) is 7.66. The molecule has 0 aliphatic carbocycles. The van der Waals surface area contributed by atoms with Gasteiger partial charge in [0.1, 0.15) is 0 Å². The smallest absolute Gasteiger partial charge is 0.303 e. The van der Waals surface area contributed by atoms with E-state index in [1.54, 1.807) is 0 Å². The fraction of sp³-hybridized carbons (Fsp3) is 0.867. The third-order valence-electron chi connectivity index (χ3n) is 4.84. The second-order valence-corrected chi connectivity index (χ2v) is 6.60. The van der Waals surface area contributed by atoms with E-state index in [0.29, 0.717) is 24.4 Å². The van der Waals surface area contributed by atoms with Crippen LogP contribution < -0.4 is 5.32 Å². The van der Waals surface area contributed by atoms with E-state index in [0.717, 1.165) is 6.54 Å². The molecule has 5 heteroatoms. The van der Waals surface area contributed by atoms with Gasteiger partial charge in [-0.1, -0.05) is 6.92 Å². The SMILES string of the molecule is CC(CC(=O)O)CC(=O)NCC1CC2CCC(C1)N2C. The Morgan fingerprint density at radius 1 is 1.25 bits per heavy atom. The molecule has 2 aliphatic rings. The number of amides is 1. The number of piperidine rings is 1. The standard InChI is InChI=1S/C15H26N2O3/c1-10(6-15(19)20)5-14(18)16-9-11-7-12-3-4-13(8-11)17(12)2/h10-13H,3-9H2,1-2H3,(H,16,18)(H,19,20). The van der Waals surface area contributed by atoms with Crippen molar-refractivity contribution >= 4 is 11.9 Å². The lowest BCUT2D eigenvalue weighted by Crippen LogP contribution is -2.43. The third kappa shape index (κ3) is 3.95. The van der Waals surface area contributed by atoms with Gasteiger partial charge in [-0.15, -0.1) is 0 Å². The summed E-state index contributed by atoms with van der Waals surface area (Å²) in [6.45, 7) is 2.56. The molecule has 2 fully saturated rings. The lowest BCUT2D eigenvalue weighted by molar-refractivity contribution is -0.138. The molecule has 0 saturated carbocycles. The van der Waals surface area contributed by atoms with Crippen molar-refractivity contribution in [2.24, 2.45) is 11.8 Å². The highest BCUT2D eigenvalue weighted by Gasteiger charge is 2.38. The molecule has 2 bridgehead atoms.